The lowest BCUT2D eigenvalue weighted by Gasteiger charge is -2.28. The fourth-order valence-corrected chi connectivity index (χ4v) is 7.75. The number of anilines is 3. The van der Waals surface area contributed by atoms with Crippen LogP contribution in [0.2, 0.25) is 0 Å². The van der Waals surface area contributed by atoms with Crippen molar-refractivity contribution in [2.75, 3.05) is 4.90 Å². The van der Waals surface area contributed by atoms with E-state index < -0.39 is 0 Å². The van der Waals surface area contributed by atoms with E-state index in [1.54, 1.807) is 0 Å². The molecule has 3 heteroatoms. The first-order chi connectivity index (χ1) is 25.3. The van der Waals surface area contributed by atoms with Crippen LogP contribution in [0, 0.1) is 0 Å². The van der Waals surface area contributed by atoms with Gasteiger partial charge in [-0.15, -0.1) is 0 Å². The van der Waals surface area contributed by atoms with Crippen molar-refractivity contribution in [1.29, 1.82) is 0 Å². The molecule has 0 unspecified atom stereocenters. The van der Waals surface area contributed by atoms with Gasteiger partial charge in [-0.2, -0.15) is 0 Å². The minimum atomic E-state index is 0.890. The predicted octanol–water partition coefficient (Wildman–Crippen LogP) is 13.5. The molecule has 240 valence electrons. The van der Waals surface area contributed by atoms with E-state index in [2.05, 4.69) is 191 Å². The molecule has 2 heterocycles. The fraction of sp³-hybridized carbons (Fsp3) is 0. The Morgan fingerprint density at radius 3 is 1.82 bits per heavy atom. The van der Waals surface area contributed by atoms with Crippen molar-refractivity contribution >= 4 is 60.8 Å². The van der Waals surface area contributed by atoms with Gasteiger partial charge in [0.05, 0.1) is 22.4 Å². The molecule has 10 rings (SSSR count). The highest BCUT2D eigenvalue weighted by Gasteiger charge is 2.22. The molecule has 0 bridgehead atoms. The van der Waals surface area contributed by atoms with Crippen molar-refractivity contribution in [2.24, 2.45) is 0 Å². The zero-order chi connectivity index (χ0) is 33.7. The van der Waals surface area contributed by atoms with Crippen molar-refractivity contribution in [1.82, 2.24) is 4.57 Å². The molecule has 0 aliphatic heterocycles. The molecule has 0 aliphatic carbocycles. The maximum atomic E-state index is 6.58. The van der Waals surface area contributed by atoms with Gasteiger partial charge < -0.3 is 13.9 Å². The summed E-state index contributed by atoms with van der Waals surface area (Å²) in [6.45, 7) is 0. The van der Waals surface area contributed by atoms with Crippen LogP contribution in [0.4, 0.5) is 17.1 Å². The van der Waals surface area contributed by atoms with Crippen molar-refractivity contribution in [3.63, 3.8) is 0 Å². The van der Waals surface area contributed by atoms with Crippen LogP contribution < -0.4 is 4.90 Å². The molecule has 2 aromatic heterocycles. The maximum absolute atomic E-state index is 6.58. The highest BCUT2D eigenvalue weighted by Crippen LogP contribution is 2.46. The lowest BCUT2D eigenvalue weighted by atomic mass is 9.96. The summed E-state index contributed by atoms with van der Waals surface area (Å²) in [7, 11) is 0. The number of benzene rings is 8. The van der Waals surface area contributed by atoms with E-state index in [1.807, 2.05) is 12.1 Å². The minimum absolute atomic E-state index is 0.890. The van der Waals surface area contributed by atoms with E-state index in [-0.39, 0.29) is 0 Å². The number of hydrogen-bond donors (Lipinski definition) is 0. The summed E-state index contributed by atoms with van der Waals surface area (Å²) >= 11 is 0. The maximum Gasteiger partial charge on any atom is 0.159 e. The van der Waals surface area contributed by atoms with E-state index in [4.69, 9.17) is 4.42 Å². The van der Waals surface area contributed by atoms with E-state index in [0.717, 1.165) is 61.3 Å². The number of aromatic nitrogens is 1. The average molecular weight is 653 g/mol. The smallest absolute Gasteiger partial charge is 0.159 e. The average Bonchev–Trinajstić information content (AvgIpc) is 3.76. The Balaban J connectivity index is 1.21. The SMILES string of the molecule is c1ccc(-c2ccc(N(c3ccccc3)c3ccccc3-c3cccc4c3c3ccccc3n4-c3cccc4c3oc3ccccc34)cc2)cc1. The summed E-state index contributed by atoms with van der Waals surface area (Å²) in [4.78, 5) is 2.37. The Morgan fingerprint density at radius 2 is 0.980 bits per heavy atom. The largest absolute Gasteiger partial charge is 0.454 e. The monoisotopic (exact) mass is 652 g/mol. The van der Waals surface area contributed by atoms with Crippen LogP contribution in [-0.4, -0.2) is 4.57 Å². The lowest BCUT2D eigenvalue weighted by Crippen LogP contribution is -2.11. The predicted molar refractivity (Wildman–Crippen MR) is 214 cm³/mol. The molecule has 8 aromatic carbocycles. The Bertz CT molecular complexity index is 2850. The van der Waals surface area contributed by atoms with Gasteiger partial charge in [0.15, 0.2) is 5.58 Å². The molecule has 0 saturated heterocycles. The number of hydrogen-bond acceptors (Lipinski definition) is 2. The highest BCUT2D eigenvalue weighted by atomic mass is 16.3. The number of furan rings is 1. The highest BCUT2D eigenvalue weighted by molar-refractivity contribution is 6.18. The van der Waals surface area contributed by atoms with Gasteiger partial charge in [0, 0.05) is 38.5 Å². The fourth-order valence-electron chi connectivity index (χ4n) is 7.75. The molecular formula is C48H32N2O. The van der Waals surface area contributed by atoms with Crippen LogP contribution in [0.1, 0.15) is 0 Å². The minimum Gasteiger partial charge on any atom is -0.454 e. The number of nitrogens with zero attached hydrogens (tertiary/aromatic N) is 2. The molecule has 3 nitrogen and oxygen atoms in total. The molecule has 10 aromatic rings. The number of para-hydroxylation sites is 5. The summed E-state index contributed by atoms with van der Waals surface area (Å²) in [5, 5.41) is 4.65. The Hall–Kier alpha value is -6.84. The van der Waals surface area contributed by atoms with Crippen LogP contribution in [-0.2, 0) is 0 Å². The first-order valence-corrected chi connectivity index (χ1v) is 17.4. The second-order valence-corrected chi connectivity index (χ2v) is 12.9. The topological polar surface area (TPSA) is 21.3 Å². The summed E-state index contributed by atoms with van der Waals surface area (Å²) in [6, 6.07) is 69.1. The van der Waals surface area contributed by atoms with Crippen molar-refractivity contribution in [3.05, 3.63) is 194 Å². The third-order valence-electron chi connectivity index (χ3n) is 10.0. The van der Waals surface area contributed by atoms with Crippen LogP contribution in [0.3, 0.4) is 0 Å². The quantitative estimate of drug-likeness (QED) is 0.178. The van der Waals surface area contributed by atoms with Gasteiger partial charge in [-0.25, -0.2) is 0 Å². The molecule has 0 amide bonds. The van der Waals surface area contributed by atoms with Gasteiger partial charge >= 0.3 is 0 Å². The second-order valence-electron chi connectivity index (χ2n) is 12.9. The van der Waals surface area contributed by atoms with E-state index >= 15 is 0 Å². The molecule has 0 fully saturated rings. The molecule has 0 radical (unpaired) electrons. The summed E-state index contributed by atoms with van der Waals surface area (Å²) < 4.78 is 8.95. The van der Waals surface area contributed by atoms with Gasteiger partial charge in [0.2, 0.25) is 0 Å². The normalized spacial score (nSPS) is 11.5. The zero-order valence-electron chi connectivity index (χ0n) is 27.8. The molecular weight excluding hydrogens is 621 g/mol. The zero-order valence-corrected chi connectivity index (χ0v) is 27.8. The van der Waals surface area contributed by atoms with E-state index in [0.29, 0.717) is 0 Å². The summed E-state index contributed by atoms with van der Waals surface area (Å²) in [6.07, 6.45) is 0. The third kappa shape index (κ3) is 4.74. The van der Waals surface area contributed by atoms with Gasteiger partial charge in [0.1, 0.15) is 5.58 Å². The standard InChI is InChI=1S/C48H32N2O/c1-3-15-33(16-4-1)34-29-31-36(32-30-34)49(35-17-5-2-6-18-35)42-24-10-7-19-37(42)39-22-13-26-44-47(39)41-21-8-11-25-43(41)50(44)45-27-14-23-40-38-20-9-12-28-46(38)51-48(40)45/h1-32H. The number of rotatable bonds is 6. The van der Waals surface area contributed by atoms with E-state index in [9.17, 15) is 0 Å². The van der Waals surface area contributed by atoms with Crippen LogP contribution in [0.5, 0.6) is 0 Å². The van der Waals surface area contributed by atoms with Gasteiger partial charge in [-0.1, -0.05) is 140 Å². The second kappa shape index (κ2) is 11.9. The van der Waals surface area contributed by atoms with Crippen molar-refractivity contribution in [2.45, 2.75) is 0 Å². The molecule has 0 saturated carbocycles. The summed E-state index contributed by atoms with van der Waals surface area (Å²) in [5.41, 5.74) is 13.1. The van der Waals surface area contributed by atoms with Crippen LogP contribution in [0.25, 0.3) is 71.7 Å². The Labute approximate surface area is 295 Å². The van der Waals surface area contributed by atoms with Crippen molar-refractivity contribution in [3.8, 4) is 27.9 Å². The van der Waals surface area contributed by atoms with Gasteiger partial charge in [0.25, 0.3) is 0 Å². The van der Waals surface area contributed by atoms with Gasteiger partial charge in [-0.05, 0) is 71.3 Å². The number of fused-ring (bicyclic) bond motifs is 6. The summed E-state index contributed by atoms with van der Waals surface area (Å²) in [5.74, 6) is 0. The van der Waals surface area contributed by atoms with Crippen molar-refractivity contribution < 1.29 is 4.42 Å². The molecule has 0 aliphatic rings. The Kier molecular flexibility index (Phi) is 6.81. The van der Waals surface area contributed by atoms with Crippen LogP contribution >= 0.6 is 0 Å². The molecule has 51 heavy (non-hydrogen) atoms. The lowest BCUT2D eigenvalue weighted by molar-refractivity contribution is 0.666. The van der Waals surface area contributed by atoms with Gasteiger partial charge in [-0.3, -0.25) is 0 Å². The molecule has 0 N–H and O–H groups in total. The van der Waals surface area contributed by atoms with Crippen LogP contribution in [0.15, 0.2) is 199 Å². The molecule has 0 spiro atoms. The third-order valence-corrected chi connectivity index (χ3v) is 10.0. The Morgan fingerprint density at radius 1 is 0.392 bits per heavy atom. The van der Waals surface area contributed by atoms with E-state index in [1.165, 1.54) is 27.5 Å². The first-order valence-electron chi connectivity index (χ1n) is 17.4. The molecule has 0 atom stereocenters. The first kappa shape index (κ1) is 29.1.